The van der Waals surface area contributed by atoms with Crippen molar-refractivity contribution in [3.05, 3.63) is 68.2 Å². The lowest BCUT2D eigenvalue weighted by molar-refractivity contribution is -0.384. The van der Waals surface area contributed by atoms with Crippen LogP contribution < -0.4 is 5.32 Å². The Bertz CT molecular complexity index is 851. The van der Waals surface area contributed by atoms with Crippen molar-refractivity contribution in [2.45, 2.75) is 13.8 Å². The van der Waals surface area contributed by atoms with Gasteiger partial charge in [0.1, 0.15) is 0 Å². The standard InChI is InChI=1S/C17H15ClN2O5/c1-10-3-4-11(2)15(7-10)19-16(21)9-25-17(22)13-6-5-12(20(23)24)8-14(13)18/h3-8H,9H2,1-2H3,(H,19,21). The largest absolute Gasteiger partial charge is 0.452 e. The smallest absolute Gasteiger partial charge is 0.340 e. The zero-order chi connectivity index (χ0) is 18.6. The molecule has 0 saturated heterocycles. The van der Waals surface area contributed by atoms with Crippen molar-refractivity contribution in [3.8, 4) is 0 Å². The second-order valence-corrected chi connectivity index (χ2v) is 5.77. The summed E-state index contributed by atoms with van der Waals surface area (Å²) >= 11 is 5.85. The molecule has 0 aliphatic rings. The molecule has 1 amide bonds. The highest BCUT2D eigenvalue weighted by molar-refractivity contribution is 6.33. The molecule has 0 aliphatic heterocycles. The number of hydrogen-bond acceptors (Lipinski definition) is 5. The van der Waals surface area contributed by atoms with Gasteiger partial charge in [-0.05, 0) is 37.1 Å². The Morgan fingerprint density at radius 1 is 1.20 bits per heavy atom. The maximum Gasteiger partial charge on any atom is 0.340 e. The maximum atomic E-state index is 12.0. The molecule has 0 spiro atoms. The highest BCUT2D eigenvalue weighted by Crippen LogP contribution is 2.23. The number of carbonyl (C=O) groups excluding carboxylic acids is 2. The molecule has 0 atom stereocenters. The number of nitrogens with one attached hydrogen (secondary N) is 1. The number of hydrogen-bond donors (Lipinski definition) is 1. The number of carbonyl (C=O) groups is 2. The monoisotopic (exact) mass is 362 g/mol. The lowest BCUT2D eigenvalue weighted by Gasteiger charge is -2.10. The molecular formula is C17H15ClN2O5. The molecule has 0 heterocycles. The fourth-order valence-corrected chi connectivity index (χ4v) is 2.30. The minimum Gasteiger partial charge on any atom is -0.452 e. The molecule has 2 aromatic carbocycles. The first-order valence-corrected chi connectivity index (χ1v) is 7.64. The minimum absolute atomic E-state index is 0.0493. The van der Waals surface area contributed by atoms with Crippen LogP contribution in [-0.4, -0.2) is 23.4 Å². The van der Waals surface area contributed by atoms with Crippen molar-refractivity contribution in [2.75, 3.05) is 11.9 Å². The van der Waals surface area contributed by atoms with Crippen LogP contribution in [0.3, 0.4) is 0 Å². The number of non-ortho nitro benzene ring substituents is 1. The number of halogens is 1. The van der Waals surface area contributed by atoms with E-state index in [9.17, 15) is 19.7 Å². The molecule has 0 aliphatic carbocycles. The van der Waals surface area contributed by atoms with Gasteiger partial charge in [0.15, 0.2) is 6.61 Å². The quantitative estimate of drug-likeness (QED) is 0.497. The van der Waals surface area contributed by atoms with Crippen LogP contribution >= 0.6 is 11.6 Å². The van der Waals surface area contributed by atoms with Crippen LogP contribution in [0.5, 0.6) is 0 Å². The van der Waals surface area contributed by atoms with Crippen LogP contribution in [-0.2, 0) is 9.53 Å². The fraction of sp³-hybridized carbons (Fsp3) is 0.176. The van der Waals surface area contributed by atoms with Crippen molar-refractivity contribution in [1.82, 2.24) is 0 Å². The normalized spacial score (nSPS) is 10.2. The number of benzene rings is 2. The predicted octanol–water partition coefficient (Wildman–Crippen LogP) is 3.66. The number of anilines is 1. The van der Waals surface area contributed by atoms with Gasteiger partial charge < -0.3 is 10.1 Å². The van der Waals surface area contributed by atoms with Gasteiger partial charge in [0.2, 0.25) is 0 Å². The molecule has 2 aromatic rings. The Morgan fingerprint density at radius 2 is 1.92 bits per heavy atom. The molecule has 8 heteroatoms. The van der Waals surface area contributed by atoms with E-state index in [0.717, 1.165) is 23.3 Å². The van der Waals surface area contributed by atoms with Crippen molar-refractivity contribution >= 4 is 34.9 Å². The second-order valence-electron chi connectivity index (χ2n) is 5.36. The fourth-order valence-electron chi connectivity index (χ4n) is 2.05. The Kier molecular flexibility index (Phi) is 5.71. The van der Waals surface area contributed by atoms with E-state index >= 15 is 0 Å². The summed E-state index contributed by atoms with van der Waals surface area (Å²) in [5, 5.41) is 13.2. The Morgan fingerprint density at radius 3 is 2.56 bits per heavy atom. The van der Waals surface area contributed by atoms with Crippen molar-refractivity contribution in [2.24, 2.45) is 0 Å². The van der Waals surface area contributed by atoms with E-state index in [2.05, 4.69) is 5.32 Å². The number of nitro groups is 1. The van der Waals surface area contributed by atoms with Crippen molar-refractivity contribution in [3.63, 3.8) is 0 Å². The Labute approximate surface area is 148 Å². The molecule has 0 fully saturated rings. The van der Waals surface area contributed by atoms with Gasteiger partial charge in [-0.1, -0.05) is 23.7 Å². The third-order valence-corrected chi connectivity index (χ3v) is 3.70. The lowest BCUT2D eigenvalue weighted by atomic mass is 10.1. The summed E-state index contributed by atoms with van der Waals surface area (Å²) in [6.07, 6.45) is 0. The molecule has 1 N–H and O–H groups in total. The zero-order valence-electron chi connectivity index (χ0n) is 13.5. The summed E-state index contributed by atoms with van der Waals surface area (Å²) in [6.45, 7) is 3.24. The van der Waals surface area contributed by atoms with Crippen LogP contribution in [0.1, 0.15) is 21.5 Å². The van der Waals surface area contributed by atoms with E-state index < -0.39 is 23.4 Å². The zero-order valence-corrected chi connectivity index (χ0v) is 14.3. The number of ether oxygens (including phenoxy) is 1. The topological polar surface area (TPSA) is 98.5 Å². The SMILES string of the molecule is Cc1ccc(C)c(NC(=O)COC(=O)c2ccc([N+](=O)[O-])cc2Cl)c1. The van der Waals surface area contributed by atoms with Crippen LogP contribution in [0.25, 0.3) is 0 Å². The summed E-state index contributed by atoms with van der Waals surface area (Å²) in [5.74, 6) is -1.34. The molecule has 0 saturated carbocycles. The number of esters is 1. The first kappa shape index (κ1) is 18.4. The van der Waals surface area contributed by atoms with E-state index in [-0.39, 0.29) is 16.3 Å². The third-order valence-electron chi connectivity index (χ3n) is 3.38. The number of nitro benzene ring substituents is 1. The van der Waals surface area contributed by atoms with Crippen molar-refractivity contribution in [1.29, 1.82) is 0 Å². The average molecular weight is 363 g/mol. The van der Waals surface area contributed by atoms with E-state index in [0.29, 0.717) is 5.69 Å². The molecule has 0 bridgehead atoms. The van der Waals surface area contributed by atoms with E-state index in [1.165, 1.54) is 6.07 Å². The Balaban J connectivity index is 1.98. The van der Waals surface area contributed by atoms with E-state index in [4.69, 9.17) is 16.3 Å². The molecular weight excluding hydrogens is 348 g/mol. The highest BCUT2D eigenvalue weighted by Gasteiger charge is 2.17. The van der Waals surface area contributed by atoms with E-state index in [1.54, 1.807) is 0 Å². The maximum absolute atomic E-state index is 12.0. The molecule has 130 valence electrons. The van der Waals surface area contributed by atoms with Gasteiger partial charge in [0.05, 0.1) is 15.5 Å². The average Bonchev–Trinajstić information content (AvgIpc) is 2.55. The van der Waals surface area contributed by atoms with Gasteiger partial charge in [0.25, 0.3) is 11.6 Å². The predicted molar refractivity (Wildman–Crippen MR) is 92.9 cm³/mol. The summed E-state index contributed by atoms with van der Waals surface area (Å²) in [5.41, 5.74) is 2.20. The molecule has 25 heavy (non-hydrogen) atoms. The first-order chi connectivity index (χ1) is 11.8. The molecule has 0 radical (unpaired) electrons. The first-order valence-electron chi connectivity index (χ1n) is 7.26. The number of amides is 1. The third kappa shape index (κ3) is 4.77. The lowest BCUT2D eigenvalue weighted by Crippen LogP contribution is -2.21. The molecule has 0 unspecified atom stereocenters. The number of rotatable bonds is 5. The van der Waals surface area contributed by atoms with Gasteiger partial charge in [-0.25, -0.2) is 4.79 Å². The summed E-state index contributed by atoms with van der Waals surface area (Å²) in [4.78, 5) is 33.9. The summed E-state index contributed by atoms with van der Waals surface area (Å²) < 4.78 is 4.91. The molecule has 7 nitrogen and oxygen atoms in total. The van der Waals surface area contributed by atoms with Crippen LogP contribution in [0.15, 0.2) is 36.4 Å². The van der Waals surface area contributed by atoms with E-state index in [1.807, 2.05) is 32.0 Å². The Hall–Kier alpha value is -2.93. The van der Waals surface area contributed by atoms with Gasteiger partial charge in [-0.15, -0.1) is 0 Å². The van der Waals surface area contributed by atoms with Gasteiger partial charge >= 0.3 is 5.97 Å². The van der Waals surface area contributed by atoms with Crippen LogP contribution in [0, 0.1) is 24.0 Å². The molecule has 0 aromatic heterocycles. The summed E-state index contributed by atoms with van der Waals surface area (Å²) in [7, 11) is 0. The number of aryl methyl sites for hydroxylation is 2. The second kappa shape index (κ2) is 7.76. The van der Waals surface area contributed by atoms with Crippen LogP contribution in [0.2, 0.25) is 5.02 Å². The van der Waals surface area contributed by atoms with Gasteiger partial charge in [-0.2, -0.15) is 0 Å². The number of nitrogens with zero attached hydrogens (tertiary/aromatic N) is 1. The summed E-state index contributed by atoms with van der Waals surface area (Å²) in [6, 6.07) is 8.97. The van der Waals surface area contributed by atoms with Crippen molar-refractivity contribution < 1.29 is 19.2 Å². The minimum atomic E-state index is -0.837. The highest BCUT2D eigenvalue weighted by atomic mass is 35.5. The molecule has 2 rings (SSSR count). The van der Waals surface area contributed by atoms with Gasteiger partial charge in [0, 0.05) is 17.8 Å². The van der Waals surface area contributed by atoms with Crippen LogP contribution in [0.4, 0.5) is 11.4 Å². The van der Waals surface area contributed by atoms with Gasteiger partial charge in [-0.3, -0.25) is 14.9 Å².